The van der Waals surface area contributed by atoms with Crippen molar-refractivity contribution in [3.05, 3.63) is 34.3 Å². The van der Waals surface area contributed by atoms with Crippen LogP contribution in [0.2, 0.25) is 5.02 Å². The SMILES string of the molecule is CC1(C)CN2CCC[C@]2(CNc2cc(F)c(S(=O)(=O)Nc3ncc(F)s3)cc2Cl)C1. The van der Waals surface area contributed by atoms with Gasteiger partial charge < -0.3 is 5.32 Å². The minimum atomic E-state index is -4.30. The van der Waals surface area contributed by atoms with Gasteiger partial charge in [-0.15, -0.1) is 0 Å². The predicted octanol–water partition coefficient (Wildman–Crippen LogP) is 4.55. The van der Waals surface area contributed by atoms with Gasteiger partial charge in [0.1, 0.15) is 10.7 Å². The van der Waals surface area contributed by atoms with Crippen molar-refractivity contribution < 1.29 is 17.2 Å². The van der Waals surface area contributed by atoms with Gasteiger partial charge in [0.15, 0.2) is 10.3 Å². The topological polar surface area (TPSA) is 74.3 Å². The first-order valence-electron chi connectivity index (χ1n) is 9.62. The summed E-state index contributed by atoms with van der Waals surface area (Å²) in [6.45, 7) is 7.18. The standard InChI is InChI=1S/C19H23ClF2N4O2S2/c1-18(2)9-19(4-3-5-26(19)11-18)10-24-14-7-13(21)15(6-12(14)20)30(27,28)25-17-23-8-16(22)29-17/h6-8,24H,3-5,9-11H2,1-2H3,(H,23,25)/t19-/m1/s1. The van der Waals surface area contributed by atoms with Crippen molar-refractivity contribution in [1.82, 2.24) is 9.88 Å². The van der Waals surface area contributed by atoms with Crippen molar-refractivity contribution in [2.75, 3.05) is 29.7 Å². The Morgan fingerprint density at radius 1 is 1.33 bits per heavy atom. The second-order valence-corrected chi connectivity index (χ2v) is 11.8. The van der Waals surface area contributed by atoms with Crippen LogP contribution in [0.25, 0.3) is 0 Å². The summed E-state index contributed by atoms with van der Waals surface area (Å²) in [4.78, 5) is 5.46. The van der Waals surface area contributed by atoms with Gasteiger partial charge in [-0.05, 0) is 43.4 Å². The number of rotatable bonds is 6. The maximum atomic E-state index is 14.7. The Morgan fingerprint density at radius 3 is 2.80 bits per heavy atom. The highest BCUT2D eigenvalue weighted by molar-refractivity contribution is 7.93. The predicted molar refractivity (Wildman–Crippen MR) is 115 cm³/mol. The summed E-state index contributed by atoms with van der Waals surface area (Å²) in [5, 5.41) is 2.50. The van der Waals surface area contributed by atoms with Gasteiger partial charge in [-0.25, -0.2) is 17.8 Å². The average molecular weight is 477 g/mol. The highest BCUT2D eigenvalue weighted by Gasteiger charge is 2.51. The van der Waals surface area contributed by atoms with Gasteiger partial charge in [-0.3, -0.25) is 9.62 Å². The van der Waals surface area contributed by atoms with E-state index in [9.17, 15) is 17.2 Å². The molecule has 2 aliphatic rings. The van der Waals surface area contributed by atoms with Crippen LogP contribution in [0.3, 0.4) is 0 Å². The van der Waals surface area contributed by atoms with Crippen molar-refractivity contribution in [3.63, 3.8) is 0 Å². The zero-order valence-electron chi connectivity index (χ0n) is 16.6. The number of halogens is 3. The molecule has 0 amide bonds. The molecule has 164 valence electrons. The minimum absolute atomic E-state index is 0.00449. The fraction of sp³-hybridized carbons (Fsp3) is 0.526. The molecule has 1 aromatic heterocycles. The Morgan fingerprint density at radius 2 is 2.10 bits per heavy atom. The van der Waals surface area contributed by atoms with E-state index in [0.717, 1.165) is 50.7 Å². The molecule has 6 nitrogen and oxygen atoms in total. The second-order valence-electron chi connectivity index (χ2n) is 8.78. The lowest BCUT2D eigenvalue weighted by Crippen LogP contribution is -2.44. The first-order chi connectivity index (χ1) is 14.0. The summed E-state index contributed by atoms with van der Waals surface area (Å²) in [5.74, 6) is -0.945. The molecule has 4 rings (SSSR count). The third-order valence-corrected chi connectivity index (χ3v) is 8.28. The molecule has 2 N–H and O–H groups in total. The van der Waals surface area contributed by atoms with Gasteiger partial charge >= 0.3 is 0 Å². The molecule has 2 aromatic rings. The molecule has 11 heteroatoms. The van der Waals surface area contributed by atoms with E-state index in [4.69, 9.17) is 11.6 Å². The molecule has 0 unspecified atom stereocenters. The van der Waals surface area contributed by atoms with Crippen molar-refractivity contribution in [1.29, 1.82) is 0 Å². The third-order valence-electron chi connectivity index (χ3n) is 5.79. The monoisotopic (exact) mass is 476 g/mol. The summed E-state index contributed by atoms with van der Waals surface area (Å²) in [7, 11) is -4.30. The average Bonchev–Trinajstić information content (AvgIpc) is 3.26. The molecule has 2 aliphatic heterocycles. The maximum absolute atomic E-state index is 14.7. The zero-order valence-corrected chi connectivity index (χ0v) is 19.0. The van der Waals surface area contributed by atoms with Crippen LogP contribution in [0.5, 0.6) is 0 Å². The number of aromatic nitrogens is 1. The lowest BCUT2D eigenvalue weighted by molar-refractivity contribution is 0.209. The minimum Gasteiger partial charge on any atom is -0.382 e. The van der Waals surface area contributed by atoms with Crippen molar-refractivity contribution >= 4 is 43.8 Å². The summed E-state index contributed by atoms with van der Waals surface area (Å²) in [6.07, 6.45) is 4.10. The molecule has 0 saturated carbocycles. The molecule has 1 atom stereocenters. The molecule has 2 fully saturated rings. The highest BCUT2D eigenvalue weighted by atomic mass is 35.5. The van der Waals surface area contributed by atoms with E-state index in [1.54, 1.807) is 0 Å². The van der Waals surface area contributed by atoms with Crippen LogP contribution >= 0.6 is 22.9 Å². The van der Waals surface area contributed by atoms with Gasteiger partial charge in [0.2, 0.25) is 0 Å². The Bertz CT molecular complexity index is 1080. The molecule has 0 bridgehead atoms. The van der Waals surface area contributed by atoms with E-state index in [-0.39, 0.29) is 21.1 Å². The van der Waals surface area contributed by atoms with Crippen LogP contribution in [0.4, 0.5) is 19.6 Å². The second kappa shape index (κ2) is 7.58. The van der Waals surface area contributed by atoms with E-state index in [2.05, 4.69) is 33.8 Å². The van der Waals surface area contributed by atoms with Crippen molar-refractivity contribution in [3.8, 4) is 0 Å². The number of nitrogens with one attached hydrogen (secondary N) is 2. The number of hydrogen-bond acceptors (Lipinski definition) is 6. The van der Waals surface area contributed by atoms with E-state index >= 15 is 0 Å². The van der Waals surface area contributed by atoms with Crippen LogP contribution in [-0.4, -0.2) is 43.5 Å². The number of anilines is 2. The zero-order chi connectivity index (χ0) is 21.7. The molecule has 30 heavy (non-hydrogen) atoms. The number of fused-ring (bicyclic) bond motifs is 1. The molecular formula is C19H23ClF2N4O2S2. The van der Waals surface area contributed by atoms with E-state index in [0.29, 0.717) is 23.6 Å². The van der Waals surface area contributed by atoms with Crippen LogP contribution < -0.4 is 10.0 Å². The van der Waals surface area contributed by atoms with Gasteiger partial charge in [-0.1, -0.05) is 36.8 Å². The quantitative estimate of drug-likeness (QED) is 0.639. The fourth-order valence-corrected chi connectivity index (χ4v) is 6.94. The Balaban J connectivity index is 1.53. The van der Waals surface area contributed by atoms with Gasteiger partial charge in [0.25, 0.3) is 10.0 Å². The molecular weight excluding hydrogens is 454 g/mol. The van der Waals surface area contributed by atoms with Gasteiger partial charge in [0.05, 0.1) is 16.9 Å². The Labute approximate surface area is 183 Å². The first-order valence-corrected chi connectivity index (χ1v) is 12.3. The summed E-state index contributed by atoms with van der Waals surface area (Å²) < 4.78 is 54.8. The van der Waals surface area contributed by atoms with Crippen molar-refractivity contribution in [2.45, 2.75) is 43.5 Å². The van der Waals surface area contributed by atoms with Crippen LogP contribution in [0.15, 0.2) is 23.2 Å². The summed E-state index contributed by atoms with van der Waals surface area (Å²) in [5.41, 5.74) is 0.569. The largest absolute Gasteiger partial charge is 0.382 e. The number of sulfonamides is 1. The van der Waals surface area contributed by atoms with Gasteiger partial charge in [0, 0.05) is 18.6 Å². The van der Waals surface area contributed by atoms with E-state index < -0.39 is 25.9 Å². The highest BCUT2D eigenvalue weighted by Crippen LogP contribution is 2.47. The number of nitrogens with zero attached hydrogens (tertiary/aromatic N) is 2. The first kappa shape index (κ1) is 21.7. The van der Waals surface area contributed by atoms with E-state index in [1.165, 1.54) is 0 Å². The Hall–Kier alpha value is -1.49. The summed E-state index contributed by atoms with van der Waals surface area (Å²) >= 11 is 6.80. The smallest absolute Gasteiger partial charge is 0.266 e. The third kappa shape index (κ3) is 4.15. The summed E-state index contributed by atoms with van der Waals surface area (Å²) in [6, 6.07) is 2.16. The normalized spacial score (nSPS) is 23.5. The molecule has 0 radical (unpaired) electrons. The Kier molecular flexibility index (Phi) is 5.49. The molecule has 0 aliphatic carbocycles. The molecule has 0 spiro atoms. The number of benzene rings is 1. The van der Waals surface area contributed by atoms with Crippen LogP contribution in [0.1, 0.15) is 33.1 Å². The van der Waals surface area contributed by atoms with E-state index in [1.807, 2.05) is 0 Å². The number of hydrogen-bond donors (Lipinski definition) is 2. The van der Waals surface area contributed by atoms with Gasteiger partial charge in [-0.2, -0.15) is 4.39 Å². The van der Waals surface area contributed by atoms with Crippen LogP contribution in [-0.2, 0) is 10.0 Å². The number of thiazole rings is 1. The molecule has 1 aromatic carbocycles. The lowest BCUT2D eigenvalue weighted by atomic mass is 9.82. The fourth-order valence-electron chi connectivity index (χ4n) is 4.77. The lowest BCUT2D eigenvalue weighted by Gasteiger charge is -2.33. The molecule has 3 heterocycles. The van der Waals surface area contributed by atoms with Crippen LogP contribution in [0, 0.1) is 16.4 Å². The molecule has 2 saturated heterocycles. The maximum Gasteiger partial charge on any atom is 0.266 e. The van der Waals surface area contributed by atoms with Crippen molar-refractivity contribution in [2.24, 2.45) is 5.41 Å².